The molecule has 0 N–H and O–H groups in total. The highest BCUT2D eigenvalue weighted by molar-refractivity contribution is 6.83. The van der Waals surface area contributed by atoms with Gasteiger partial charge in [-0.1, -0.05) is 132 Å². The van der Waals surface area contributed by atoms with Crippen LogP contribution >= 0.6 is 0 Å². The third-order valence-electron chi connectivity index (χ3n) is 12.8. The van der Waals surface area contributed by atoms with E-state index in [1.165, 1.54) is 62.5 Å². The van der Waals surface area contributed by atoms with Crippen molar-refractivity contribution < 1.29 is 0 Å². The van der Waals surface area contributed by atoms with Crippen LogP contribution in [0.25, 0.3) is 12.2 Å². The predicted molar refractivity (Wildman–Crippen MR) is 207 cm³/mol. The molecule has 6 aliphatic carbocycles. The van der Waals surface area contributed by atoms with Crippen LogP contribution in [0.1, 0.15) is 112 Å². The van der Waals surface area contributed by atoms with Crippen LogP contribution in [0.2, 0.25) is 37.3 Å². The second-order valence-electron chi connectivity index (χ2n) is 16.7. The van der Waals surface area contributed by atoms with Crippen LogP contribution in [0.5, 0.6) is 0 Å². The zero-order valence-corrected chi connectivity index (χ0v) is 31.9. The third kappa shape index (κ3) is 5.23. The Labute approximate surface area is 282 Å². The molecule has 46 heavy (non-hydrogen) atoms. The smallest absolute Gasteiger partial charge is 0.0686 e. The van der Waals surface area contributed by atoms with E-state index in [0.717, 1.165) is 11.1 Å². The maximum absolute atomic E-state index is 2.70. The standard InChI is InChI=1S/C22H32Si.C22H24Si/c2*1-15-13-17-9-5-7-11-19(17)21(15)23(3,4)22-16(2)14-18-10-6-8-12-20(18)22/h13-14,21-22H,5-12H2,1-4H3;5-14,21-22H,1-4H3. The summed E-state index contributed by atoms with van der Waals surface area (Å²) in [6.45, 7) is 20.1. The summed E-state index contributed by atoms with van der Waals surface area (Å²) in [5.41, 5.74) is 22.6. The molecule has 0 bridgehead atoms. The van der Waals surface area contributed by atoms with Crippen molar-refractivity contribution in [2.45, 2.75) is 127 Å². The molecule has 4 atom stereocenters. The topological polar surface area (TPSA) is 0 Å². The fraction of sp³-hybridized carbons (Fsp3) is 0.455. The van der Waals surface area contributed by atoms with Crippen molar-refractivity contribution in [3.63, 3.8) is 0 Å². The molecule has 2 aromatic rings. The minimum atomic E-state index is -1.60. The van der Waals surface area contributed by atoms with E-state index in [1.807, 2.05) is 11.1 Å². The molecule has 0 nitrogen and oxygen atoms in total. The number of fused-ring (bicyclic) bond motifs is 2. The van der Waals surface area contributed by atoms with Gasteiger partial charge in [0.25, 0.3) is 0 Å². The lowest BCUT2D eigenvalue weighted by Gasteiger charge is -2.42. The molecular weight excluding hydrogens is 585 g/mol. The van der Waals surface area contributed by atoms with Gasteiger partial charge in [0.05, 0.1) is 16.1 Å². The second kappa shape index (κ2) is 12.1. The normalized spacial score (nSPS) is 26.8. The SMILES string of the molecule is CC1=CC2=C(CCCC2)C1[Si](C)(C)C1C(C)=CC2=C1CCCC2.CC1=Cc2ccccc2C1[Si](C)(C)C1C(C)=Cc2ccccc21. The Hall–Kier alpha value is -2.69. The van der Waals surface area contributed by atoms with E-state index >= 15 is 0 Å². The number of rotatable bonds is 4. The van der Waals surface area contributed by atoms with Gasteiger partial charge in [-0.15, -0.1) is 0 Å². The Balaban J connectivity index is 0.000000147. The Morgan fingerprint density at radius 1 is 0.435 bits per heavy atom. The minimum absolute atomic E-state index is 0.623. The van der Waals surface area contributed by atoms with Crippen LogP contribution in [0.4, 0.5) is 0 Å². The highest BCUT2D eigenvalue weighted by Crippen LogP contribution is 2.58. The summed E-state index contributed by atoms with van der Waals surface area (Å²) in [5, 5.41) is 0. The summed E-state index contributed by atoms with van der Waals surface area (Å²) in [6, 6.07) is 18.0. The van der Waals surface area contributed by atoms with E-state index < -0.39 is 16.1 Å². The van der Waals surface area contributed by atoms with Crippen molar-refractivity contribution in [2.75, 3.05) is 0 Å². The lowest BCUT2D eigenvalue weighted by molar-refractivity contribution is 0.666. The Kier molecular flexibility index (Phi) is 8.38. The molecule has 6 aliphatic rings. The van der Waals surface area contributed by atoms with E-state index in [9.17, 15) is 0 Å². The Bertz CT molecular complexity index is 1620. The summed E-state index contributed by atoms with van der Waals surface area (Å²) in [7, 11) is -3.03. The zero-order chi connectivity index (χ0) is 32.4. The molecule has 0 saturated heterocycles. The quantitative estimate of drug-likeness (QED) is 0.292. The van der Waals surface area contributed by atoms with E-state index in [0.29, 0.717) is 11.1 Å². The molecule has 0 radical (unpaired) electrons. The number of benzene rings is 2. The molecule has 2 heteroatoms. The van der Waals surface area contributed by atoms with Gasteiger partial charge in [0.15, 0.2) is 0 Å². The van der Waals surface area contributed by atoms with Gasteiger partial charge in [-0.2, -0.15) is 0 Å². The Morgan fingerprint density at radius 2 is 0.783 bits per heavy atom. The van der Waals surface area contributed by atoms with E-state index in [1.54, 1.807) is 44.6 Å². The molecule has 240 valence electrons. The molecule has 4 unspecified atom stereocenters. The van der Waals surface area contributed by atoms with E-state index in [2.05, 4.69) is 127 Å². The Morgan fingerprint density at radius 3 is 1.22 bits per heavy atom. The van der Waals surface area contributed by atoms with Crippen molar-refractivity contribution in [1.82, 2.24) is 0 Å². The first-order valence-corrected chi connectivity index (χ1v) is 24.7. The summed E-state index contributed by atoms with van der Waals surface area (Å²) in [5.74, 6) is 0. The van der Waals surface area contributed by atoms with Crippen molar-refractivity contribution >= 4 is 28.3 Å². The molecule has 0 saturated carbocycles. The van der Waals surface area contributed by atoms with E-state index in [-0.39, 0.29) is 0 Å². The van der Waals surface area contributed by atoms with Crippen LogP contribution in [-0.4, -0.2) is 16.1 Å². The highest BCUT2D eigenvalue weighted by Gasteiger charge is 2.49. The maximum atomic E-state index is 2.70. The van der Waals surface area contributed by atoms with Crippen molar-refractivity contribution in [3.8, 4) is 0 Å². The van der Waals surface area contributed by atoms with Crippen LogP contribution in [0.3, 0.4) is 0 Å². The first-order valence-electron chi connectivity index (χ1n) is 18.3. The van der Waals surface area contributed by atoms with Gasteiger partial charge in [0.2, 0.25) is 0 Å². The fourth-order valence-corrected chi connectivity index (χ4v) is 21.8. The van der Waals surface area contributed by atoms with Crippen molar-refractivity contribution in [2.24, 2.45) is 0 Å². The molecule has 0 aromatic heterocycles. The first-order chi connectivity index (χ1) is 22.0. The maximum Gasteiger partial charge on any atom is 0.0722 e. The molecule has 0 spiro atoms. The molecule has 2 aromatic carbocycles. The van der Waals surface area contributed by atoms with Gasteiger partial charge in [0.1, 0.15) is 0 Å². The minimum Gasteiger partial charge on any atom is -0.0686 e. The first kappa shape index (κ1) is 31.9. The zero-order valence-electron chi connectivity index (χ0n) is 29.9. The second-order valence-corrected chi connectivity index (χ2v) is 26.3. The van der Waals surface area contributed by atoms with Crippen LogP contribution < -0.4 is 0 Å². The number of hydrogen-bond donors (Lipinski definition) is 0. The summed E-state index contributed by atoms with van der Waals surface area (Å²) in [4.78, 5) is 0. The molecular formula is C44H56Si2. The average Bonchev–Trinajstić information content (AvgIpc) is 3.75. The predicted octanol–water partition coefficient (Wildman–Crippen LogP) is 13.3. The van der Waals surface area contributed by atoms with Crippen molar-refractivity contribution in [1.29, 1.82) is 0 Å². The monoisotopic (exact) mass is 640 g/mol. The largest absolute Gasteiger partial charge is 0.0722 e. The molecule has 0 heterocycles. The third-order valence-corrected chi connectivity index (χ3v) is 21.9. The summed E-state index contributed by atoms with van der Waals surface area (Å²) < 4.78 is 0. The van der Waals surface area contributed by atoms with Crippen molar-refractivity contribution in [3.05, 3.63) is 128 Å². The van der Waals surface area contributed by atoms with Gasteiger partial charge in [-0.05, 0) is 124 Å². The summed E-state index contributed by atoms with van der Waals surface area (Å²) in [6.07, 6.45) is 21.1. The number of allylic oxidation sites excluding steroid dienone is 10. The van der Waals surface area contributed by atoms with Crippen LogP contribution in [0, 0.1) is 0 Å². The summed E-state index contributed by atoms with van der Waals surface area (Å²) >= 11 is 0. The highest BCUT2D eigenvalue weighted by atomic mass is 28.3. The molecule has 8 rings (SSSR count). The van der Waals surface area contributed by atoms with Crippen LogP contribution in [0.15, 0.2) is 105 Å². The number of hydrogen-bond acceptors (Lipinski definition) is 0. The lowest BCUT2D eigenvalue weighted by Crippen LogP contribution is -2.42. The van der Waals surface area contributed by atoms with Gasteiger partial charge >= 0.3 is 0 Å². The van der Waals surface area contributed by atoms with Gasteiger partial charge < -0.3 is 0 Å². The van der Waals surface area contributed by atoms with Gasteiger partial charge in [0, 0.05) is 11.1 Å². The molecule has 0 aliphatic heterocycles. The average molecular weight is 641 g/mol. The van der Waals surface area contributed by atoms with E-state index in [4.69, 9.17) is 0 Å². The van der Waals surface area contributed by atoms with Crippen LogP contribution in [-0.2, 0) is 0 Å². The fourth-order valence-electron chi connectivity index (χ4n) is 11.5. The lowest BCUT2D eigenvalue weighted by atomic mass is 9.93. The molecule has 0 fully saturated rings. The van der Waals surface area contributed by atoms with Gasteiger partial charge in [-0.25, -0.2) is 0 Å². The molecule has 0 amide bonds. The van der Waals surface area contributed by atoms with Gasteiger partial charge in [-0.3, -0.25) is 0 Å².